The van der Waals surface area contributed by atoms with Crippen molar-refractivity contribution in [2.24, 2.45) is 23.0 Å². The lowest BCUT2D eigenvalue weighted by molar-refractivity contribution is -0.134. The molecule has 1 heterocycles. The molecule has 2 N–H and O–H groups in total. The number of rotatable bonds is 3. The van der Waals surface area contributed by atoms with Gasteiger partial charge in [-0.1, -0.05) is 34.6 Å². The Kier molecular flexibility index (Phi) is 5.20. The number of carbonyl (C=O) groups is 1. The number of nitrogens with zero attached hydrogens (tertiary/aromatic N) is 1. The van der Waals surface area contributed by atoms with Gasteiger partial charge in [-0.15, -0.1) is 0 Å². The summed E-state index contributed by atoms with van der Waals surface area (Å²) in [5.74, 6) is 1.48. The van der Waals surface area contributed by atoms with Crippen molar-refractivity contribution >= 4 is 5.91 Å². The van der Waals surface area contributed by atoms with Crippen LogP contribution in [0.25, 0.3) is 0 Å². The SMILES string of the molecule is CC1CC(C)CN(C(=O)CC(N)CC(C)(C)C)C1. The summed E-state index contributed by atoms with van der Waals surface area (Å²) in [6.45, 7) is 12.8. The fourth-order valence-corrected chi connectivity index (χ4v) is 3.08. The fraction of sp³-hybridized carbons (Fsp3) is 0.933. The number of hydrogen-bond donors (Lipinski definition) is 1. The molecule has 18 heavy (non-hydrogen) atoms. The van der Waals surface area contributed by atoms with E-state index in [9.17, 15) is 4.79 Å². The molecule has 1 saturated heterocycles. The molecule has 1 aliphatic rings. The summed E-state index contributed by atoms with van der Waals surface area (Å²) in [6.07, 6.45) is 2.63. The van der Waals surface area contributed by atoms with Gasteiger partial charge in [-0.25, -0.2) is 0 Å². The smallest absolute Gasteiger partial charge is 0.224 e. The van der Waals surface area contributed by atoms with E-state index >= 15 is 0 Å². The van der Waals surface area contributed by atoms with Crippen molar-refractivity contribution in [2.75, 3.05) is 13.1 Å². The van der Waals surface area contributed by atoms with E-state index in [0.717, 1.165) is 19.5 Å². The van der Waals surface area contributed by atoms with Crippen molar-refractivity contribution in [3.8, 4) is 0 Å². The van der Waals surface area contributed by atoms with Crippen molar-refractivity contribution in [1.29, 1.82) is 0 Å². The number of carbonyl (C=O) groups excluding carboxylic acids is 1. The molecule has 1 rings (SSSR count). The van der Waals surface area contributed by atoms with Gasteiger partial charge in [-0.3, -0.25) is 4.79 Å². The molecule has 3 heteroatoms. The summed E-state index contributed by atoms with van der Waals surface area (Å²) in [5.41, 5.74) is 6.29. The molecular formula is C15H30N2O. The minimum absolute atomic E-state index is 0.00922. The summed E-state index contributed by atoms with van der Waals surface area (Å²) in [5, 5.41) is 0. The lowest BCUT2D eigenvalue weighted by Crippen LogP contribution is -2.44. The molecule has 1 fully saturated rings. The van der Waals surface area contributed by atoms with E-state index in [-0.39, 0.29) is 17.4 Å². The molecule has 1 aliphatic heterocycles. The van der Waals surface area contributed by atoms with Crippen LogP contribution in [0, 0.1) is 17.3 Å². The number of likely N-dealkylation sites (tertiary alicyclic amines) is 1. The van der Waals surface area contributed by atoms with Gasteiger partial charge in [0.15, 0.2) is 0 Å². The Balaban J connectivity index is 2.45. The van der Waals surface area contributed by atoms with Gasteiger partial charge in [0.25, 0.3) is 0 Å². The standard InChI is InChI=1S/C15H30N2O/c1-11-6-12(2)10-17(9-11)14(18)7-13(16)8-15(3,4)5/h11-13H,6-10,16H2,1-5H3. The summed E-state index contributed by atoms with van der Waals surface area (Å²) in [7, 11) is 0. The van der Waals surface area contributed by atoms with E-state index in [1.54, 1.807) is 0 Å². The maximum absolute atomic E-state index is 12.2. The number of nitrogens with two attached hydrogens (primary N) is 1. The number of piperidine rings is 1. The molecular weight excluding hydrogens is 224 g/mol. The maximum atomic E-state index is 12.2. The van der Waals surface area contributed by atoms with Crippen molar-refractivity contribution < 1.29 is 4.79 Å². The first-order valence-electron chi connectivity index (χ1n) is 7.20. The third-order valence-corrected chi connectivity index (χ3v) is 3.53. The summed E-state index contributed by atoms with van der Waals surface area (Å²) in [4.78, 5) is 14.2. The molecule has 3 nitrogen and oxygen atoms in total. The van der Waals surface area contributed by atoms with Crippen LogP contribution in [0.1, 0.15) is 53.9 Å². The summed E-state index contributed by atoms with van der Waals surface area (Å²) >= 11 is 0. The zero-order valence-corrected chi connectivity index (χ0v) is 12.7. The Bertz CT molecular complexity index is 273. The minimum Gasteiger partial charge on any atom is -0.342 e. The van der Waals surface area contributed by atoms with E-state index in [1.807, 2.05) is 4.90 Å². The van der Waals surface area contributed by atoms with E-state index in [4.69, 9.17) is 5.73 Å². The maximum Gasteiger partial charge on any atom is 0.224 e. The van der Waals surface area contributed by atoms with Crippen LogP contribution in [0.15, 0.2) is 0 Å². The van der Waals surface area contributed by atoms with E-state index < -0.39 is 0 Å². The monoisotopic (exact) mass is 254 g/mol. The van der Waals surface area contributed by atoms with Gasteiger partial charge in [0.2, 0.25) is 5.91 Å². The topological polar surface area (TPSA) is 46.3 Å². The van der Waals surface area contributed by atoms with Crippen LogP contribution >= 0.6 is 0 Å². The molecule has 0 aromatic carbocycles. The Morgan fingerprint density at radius 3 is 2.22 bits per heavy atom. The van der Waals surface area contributed by atoms with E-state index in [0.29, 0.717) is 18.3 Å². The molecule has 0 aromatic rings. The molecule has 0 bridgehead atoms. The number of hydrogen-bond acceptors (Lipinski definition) is 2. The Morgan fingerprint density at radius 2 is 1.78 bits per heavy atom. The van der Waals surface area contributed by atoms with Gasteiger partial charge in [-0.2, -0.15) is 0 Å². The highest BCUT2D eigenvalue weighted by Crippen LogP contribution is 2.24. The lowest BCUT2D eigenvalue weighted by Gasteiger charge is -2.36. The van der Waals surface area contributed by atoms with Crippen LogP contribution in [0.5, 0.6) is 0 Å². The zero-order chi connectivity index (χ0) is 13.9. The second kappa shape index (κ2) is 6.05. The van der Waals surface area contributed by atoms with Crippen molar-refractivity contribution in [1.82, 2.24) is 4.90 Å². The molecule has 0 aliphatic carbocycles. The first-order chi connectivity index (χ1) is 8.17. The predicted molar refractivity (Wildman–Crippen MR) is 76.2 cm³/mol. The van der Waals surface area contributed by atoms with Gasteiger partial charge >= 0.3 is 0 Å². The number of amides is 1. The second-order valence-electron chi connectivity index (χ2n) is 7.47. The Hall–Kier alpha value is -0.570. The highest BCUT2D eigenvalue weighted by molar-refractivity contribution is 5.77. The summed E-state index contributed by atoms with van der Waals surface area (Å²) < 4.78 is 0. The molecule has 0 saturated carbocycles. The zero-order valence-electron chi connectivity index (χ0n) is 12.7. The molecule has 106 valence electrons. The van der Waals surface area contributed by atoms with Gasteiger partial charge in [0.1, 0.15) is 0 Å². The first-order valence-corrected chi connectivity index (χ1v) is 7.20. The fourth-order valence-electron chi connectivity index (χ4n) is 3.08. The van der Waals surface area contributed by atoms with Gasteiger partial charge in [0.05, 0.1) is 0 Å². The van der Waals surface area contributed by atoms with Crippen LogP contribution in [0.2, 0.25) is 0 Å². The quantitative estimate of drug-likeness (QED) is 0.841. The molecule has 3 atom stereocenters. The van der Waals surface area contributed by atoms with Gasteiger partial charge in [0, 0.05) is 25.6 Å². The normalized spacial score (nSPS) is 27.1. The average molecular weight is 254 g/mol. The van der Waals surface area contributed by atoms with Crippen molar-refractivity contribution in [3.63, 3.8) is 0 Å². The molecule has 0 radical (unpaired) electrons. The molecule has 1 amide bonds. The van der Waals surface area contributed by atoms with Crippen LogP contribution in [-0.2, 0) is 4.79 Å². The predicted octanol–water partition coefficient (Wildman–Crippen LogP) is 2.64. The van der Waals surface area contributed by atoms with Gasteiger partial charge < -0.3 is 10.6 Å². The van der Waals surface area contributed by atoms with Crippen LogP contribution < -0.4 is 5.73 Å². The van der Waals surface area contributed by atoms with Crippen LogP contribution in [0.4, 0.5) is 0 Å². The third-order valence-electron chi connectivity index (χ3n) is 3.53. The lowest BCUT2D eigenvalue weighted by atomic mass is 9.86. The Labute approximate surface area is 112 Å². The van der Waals surface area contributed by atoms with Crippen molar-refractivity contribution in [3.05, 3.63) is 0 Å². The van der Waals surface area contributed by atoms with E-state index in [1.165, 1.54) is 6.42 Å². The summed E-state index contributed by atoms with van der Waals surface area (Å²) in [6, 6.07) is -0.00922. The largest absolute Gasteiger partial charge is 0.342 e. The highest BCUT2D eigenvalue weighted by Gasteiger charge is 2.27. The first kappa shape index (κ1) is 15.5. The Morgan fingerprint density at radius 1 is 1.28 bits per heavy atom. The second-order valence-corrected chi connectivity index (χ2v) is 7.47. The van der Waals surface area contributed by atoms with Crippen molar-refractivity contribution in [2.45, 2.75) is 59.9 Å². The van der Waals surface area contributed by atoms with E-state index in [2.05, 4.69) is 34.6 Å². The average Bonchev–Trinajstić information content (AvgIpc) is 2.12. The highest BCUT2D eigenvalue weighted by atomic mass is 16.2. The molecule has 0 spiro atoms. The molecule has 0 aromatic heterocycles. The van der Waals surface area contributed by atoms with Crippen LogP contribution in [-0.4, -0.2) is 29.9 Å². The van der Waals surface area contributed by atoms with Gasteiger partial charge in [-0.05, 0) is 30.1 Å². The van der Waals surface area contributed by atoms with Crippen LogP contribution in [0.3, 0.4) is 0 Å². The molecule has 3 unspecified atom stereocenters. The minimum atomic E-state index is -0.00922. The third kappa shape index (κ3) is 5.38.